The van der Waals surface area contributed by atoms with Crippen molar-refractivity contribution in [2.24, 2.45) is 11.8 Å². The monoisotopic (exact) mass is 364 g/mol. The molecule has 2 atom stereocenters. The van der Waals surface area contributed by atoms with Gasteiger partial charge >= 0.3 is 0 Å². The summed E-state index contributed by atoms with van der Waals surface area (Å²) >= 11 is 0. The molecule has 2 amide bonds. The van der Waals surface area contributed by atoms with Gasteiger partial charge in [-0.25, -0.2) is 0 Å². The van der Waals surface area contributed by atoms with Crippen LogP contribution in [0, 0.1) is 11.8 Å². The van der Waals surface area contributed by atoms with Gasteiger partial charge in [0.25, 0.3) is 0 Å². The van der Waals surface area contributed by atoms with Gasteiger partial charge in [0.15, 0.2) is 11.6 Å². The normalized spacial score (nSPS) is 17.7. The van der Waals surface area contributed by atoms with E-state index in [1.807, 2.05) is 0 Å². The van der Waals surface area contributed by atoms with Crippen LogP contribution in [0.15, 0.2) is 48.5 Å². The molecule has 27 heavy (non-hydrogen) atoms. The molecule has 0 aromatic heterocycles. The van der Waals surface area contributed by atoms with Crippen molar-refractivity contribution in [3.63, 3.8) is 0 Å². The van der Waals surface area contributed by atoms with E-state index in [1.165, 1.54) is 13.8 Å². The molecule has 2 aromatic carbocycles. The Morgan fingerprint density at radius 2 is 1.30 bits per heavy atom. The molecule has 1 saturated carbocycles. The minimum Gasteiger partial charge on any atom is -0.326 e. The molecule has 1 fully saturated rings. The average Bonchev–Trinajstić information content (AvgIpc) is 3.43. The molecule has 6 heteroatoms. The molecule has 0 heterocycles. The van der Waals surface area contributed by atoms with E-state index in [9.17, 15) is 19.2 Å². The third kappa shape index (κ3) is 4.47. The van der Waals surface area contributed by atoms with Crippen LogP contribution in [0.4, 0.5) is 11.4 Å². The van der Waals surface area contributed by atoms with Crippen LogP contribution < -0.4 is 10.6 Å². The number of rotatable bonds is 6. The van der Waals surface area contributed by atoms with Gasteiger partial charge in [-0.15, -0.1) is 0 Å². The predicted octanol–water partition coefficient (Wildman–Crippen LogP) is 3.31. The van der Waals surface area contributed by atoms with Gasteiger partial charge < -0.3 is 10.6 Å². The van der Waals surface area contributed by atoms with Gasteiger partial charge in [0.1, 0.15) is 0 Å². The highest BCUT2D eigenvalue weighted by Crippen LogP contribution is 2.40. The maximum Gasteiger partial charge on any atom is 0.228 e. The molecule has 2 N–H and O–H groups in total. The van der Waals surface area contributed by atoms with Crippen LogP contribution in [0.1, 0.15) is 41.0 Å². The maximum absolute atomic E-state index is 12.3. The molecule has 0 spiro atoms. The lowest BCUT2D eigenvalue weighted by Gasteiger charge is -2.07. The van der Waals surface area contributed by atoms with Gasteiger partial charge in [-0.2, -0.15) is 0 Å². The zero-order chi connectivity index (χ0) is 19.6. The fourth-order valence-corrected chi connectivity index (χ4v) is 2.85. The molecule has 6 nitrogen and oxygen atoms in total. The third-order valence-corrected chi connectivity index (χ3v) is 4.56. The molecular weight excluding hydrogens is 344 g/mol. The van der Waals surface area contributed by atoms with E-state index >= 15 is 0 Å². The highest BCUT2D eigenvalue weighted by molar-refractivity contribution is 6.04. The van der Waals surface area contributed by atoms with E-state index in [4.69, 9.17) is 0 Å². The Balaban J connectivity index is 1.56. The second-order valence-electron chi connectivity index (χ2n) is 6.70. The van der Waals surface area contributed by atoms with Crippen LogP contribution >= 0.6 is 0 Å². The van der Waals surface area contributed by atoms with Crippen molar-refractivity contribution in [3.05, 3.63) is 59.7 Å². The van der Waals surface area contributed by atoms with E-state index in [0.717, 1.165) is 0 Å². The fraction of sp³-hybridized carbons (Fsp3) is 0.238. The van der Waals surface area contributed by atoms with Crippen LogP contribution in [-0.2, 0) is 9.59 Å². The number of hydrogen-bond acceptors (Lipinski definition) is 4. The Morgan fingerprint density at radius 1 is 0.741 bits per heavy atom. The zero-order valence-electron chi connectivity index (χ0n) is 15.1. The summed E-state index contributed by atoms with van der Waals surface area (Å²) in [6.45, 7) is 2.94. The van der Waals surface area contributed by atoms with Gasteiger partial charge in [-0.3, -0.25) is 19.2 Å². The van der Waals surface area contributed by atoms with E-state index in [2.05, 4.69) is 10.6 Å². The second-order valence-corrected chi connectivity index (χ2v) is 6.70. The second kappa shape index (κ2) is 7.53. The molecule has 1 aliphatic carbocycles. The van der Waals surface area contributed by atoms with Gasteiger partial charge in [-0.05, 0) is 56.7 Å². The molecule has 3 rings (SSSR count). The number of nitrogens with one attached hydrogen (secondary N) is 2. The lowest BCUT2D eigenvalue weighted by molar-refractivity contribution is -0.122. The van der Waals surface area contributed by atoms with Crippen LogP contribution in [0.25, 0.3) is 0 Å². The predicted molar refractivity (Wildman–Crippen MR) is 102 cm³/mol. The number of benzene rings is 2. The number of anilines is 2. The first-order valence-electron chi connectivity index (χ1n) is 8.69. The Labute approximate surface area is 157 Å². The number of Topliss-reactive ketones (excluding diaryl/α,β-unsaturated/α-hetero) is 2. The minimum absolute atomic E-state index is 0.0411. The zero-order valence-corrected chi connectivity index (χ0v) is 15.1. The molecule has 2 unspecified atom stereocenters. The van der Waals surface area contributed by atoms with Crippen molar-refractivity contribution < 1.29 is 19.2 Å². The summed E-state index contributed by atoms with van der Waals surface area (Å²) in [6.07, 6.45) is 0.482. The van der Waals surface area contributed by atoms with E-state index in [0.29, 0.717) is 28.9 Å². The largest absolute Gasteiger partial charge is 0.326 e. The SMILES string of the molecule is CC(=O)c1ccc(NC(=O)C2CC2C(=O)Nc2cccc(C(C)=O)c2)cc1. The van der Waals surface area contributed by atoms with Crippen molar-refractivity contribution in [3.8, 4) is 0 Å². The maximum atomic E-state index is 12.3. The van der Waals surface area contributed by atoms with E-state index in [1.54, 1.807) is 48.5 Å². The van der Waals surface area contributed by atoms with Crippen molar-refractivity contribution in [2.45, 2.75) is 20.3 Å². The summed E-state index contributed by atoms with van der Waals surface area (Å²) in [4.78, 5) is 47.3. The Kier molecular flexibility index (Phi) is 5.16. The number of hydrogen-bond donors (Lipinski definition) is 2. The van der Waals surface area contributed by atoms with Gasteiger partial charge in [-0.1, -0.05) is 12.1 Å². The summed E-state index contributed by atoms with van der Waals surface area (Å²) in [5, 5.41) is 5.53. The van der Waals surface area contributed by atoms with Crippen molar-refractivity contribution in [1.82, 2.24) is 0 Å². The summed E-state index contributed by atoms with van der Waals surface area (Å²) in [5.41, 5.74) is 2.22. The Bertz CT molecular complexity index is 918. The van der Waals surface area contributed by atoms with E-state index in [-0.39, 0.29) is 35.2 Å². The number of carbonyl (C=O) groups excluding carboxylic acids is 4. The highest BCUT2D eigenvalue weighted by atomic mass is 16.2. The van der Waals surface area contributed by atoms with Gasteiger partial charge in [0, 0.05) is 22.5 Å². The quantitative estimate of drug-likeness (QED) is 0.769. The summed E-state index contributed by atoms with van der Waals surface area (Å²) in [5.74, 6) is -1.34. The van der Waals surface area contributed by atoms with Gasteiger partial charge in [0.2, 0.25) is 11.8 Å². The highest BCUT2D eigenvalue weighted by Gasteiger charge is 2.48. The first-order valence-corrected chi connectivity index (χ1v) is 8.69. The van der Waals surface area contributed by atoms with Gasteiger partial charge in [0.05, 0.1) is 11.8 Å². The Hall–Kier alpha value is -3.28. The van der Waals surface area contributed by atoms with Crippen molar-refractivity contribution >= 4 is 34.8 Å². The molecule has 138 valence electrons. The topological polar surface area (TPSA) is 92.3 Å². The van der Waals surface area contributed by atoms with Crippen LogP contribution in [0.3, 0.4) is 0 Å². The molecule has 2 aromatic rings. The Morgan fingerprint density at radius 3 is 1.85 bits per heavy atom. The number of ketones is 2. The smallest absolute Gasteiger partial charge is 0.228 e. The lowest BCUT2D eigenvalue weighted by Crippen LogP contribution is -2.20. The first-order chi connectivity index (χ1) is 12.8. The summed E-state index contributed by atoms with van der Waals surface area (Å²) in [7, 11) is 0. The molecule has 0 aliphatic heterocycles. The molecule has 0 radical (unpaired) electrons. The van der Waals surface area contributed by atoms with Crippen LogP contribution in [0.2, 0.25) is 0 Å². The fourth-order valence-electron chi connectivity index (χ4n) is 2.85. The molecule has 1 aliphatic rings. The third-order valence-electron chi connectivity index (χ3n) is 4.56. The average molecular weight is 364 g/mol. The summed E-state index contributed by atoms with van der Waals surface area (Å²) in [6, 6.07) is 13.3. The van der Waals surface area contributed by atoms with Crippen molar-refractivity contribution in [1.29, 1.82) is 0 Å². The summed E-state index contributed by atoms with van der Waals surface area (Å²) < 4.78 is 0. The molecule has 0 saturated heterocycles. The minimum atomic E-state index is -0.387. The van der Waals surface area contributed by atoms with Crippen LogP contribution in [0.5, 0.6) is 0 Å². The van der Waals surface area contributed by atoms with E-state index < -0.39 is 0 Å². The standard InChI is InChI=1S/C21H20N2O4/c1-12(24)14-6-8-16(9-7-14)22-20(26)18-11-19(18)21(27)23-17-5-3-4-15(10-17)13(2)25/h3-10,18-19H,11H2,1-2H3,(H,22,26)(H,23,27). The first kappa shape index (κ1) is 18.5. The number of amides is 2. The molecular formula is C21H20N2O4. The number of carbonyl (C=O) groups is 4. The van der Waals surface area contributed by atoms with Crippen LogP contribution in [-0.4, -0.2) is 23.4 Å². The lowest BCUT2D eigenvalue weighted by atomic mass is 10.1. The van der Waals surface area contributed by atoms with Crippen molar-refractivity contribution in [2.75, 3.05) is 10.6 Å². The molecule has 0 bridgehead atoms.